The Hall–Kier alpha value is -1.93. The number of aromatic nitrogens is 4. The van der Waals surface area contributed by atoms with Gasteiger partial charge in [-0.15, -0.1) is 0 Å². The quantitative estimate of drug-likeness (QED) is 0.836. The van der Waals surface area contributed by atoms with E-state index in [1.165, 1.54) is 0 Å². The summed E-state index contributed by atoms with van der Waals surface area (Å²) in [7, 11) is 0. The van der Waals surface area contributed by atoms with E-state index < -0.39 is 0 Å². The maximum absolute atomic E-state index is 5.89. The molecule has 4 rings (SSSR count). The molecule has 4 heterocycles. The van der Waals surface area contributed by atoms with Crippen LogP contribution in [0.2, 0.25) is 0 Å². The third-order valence-corrected chi connectivity index (χ3v) is 5.05. The molecule has 0 unspecified atom stereocenters. The Labute approximate surface area is 140 Å². The van der Waals surface area contributed by atoms with Crippen LogP contribution in [0.4, 0.5) is 5.95 Å². The fourth-order valence-corrected chi connectivity index (χ4v) is 3.50. The van der Waals surface area contributed by atoms with Gasteiger partial charge < -0.3 is 18.8 Å². The normalized spacial score (nSPS) is 21.1. The van der Waals surface area contributed by atoms with Crippen LogP contribution in [0.1, 0.15) is 24.2 Å². The van der Waals surface area contributed by atoms with Crippen LogP contribution in [0, 0.1) is 12.3 Å². The van der Waals surface area contributed by atoms with Crippen molar-refractivity contribution in [3.8, 4) is 0 Å². The molecule has 2 aliphatic rings. The van der Waals surface area contributed by atoms with Crippen molar-refractivity contribution in [3.63, 3.8) is 0 Å². The molecule has 2 saturated heterocycles. The average molecular weight is 333 g/mol. The number of hydrogen-bond acceptors (Lipinski definition) is 7. The molecule has 0 aromatic carbocycles. The molecular formula is C16H23N5O3. The van der Waals surface area contributed by atoms with E-state index >= 15 is 0 Å². The second kappa shape index (κ2) is 6.52. The number of rotatable bonds is 3. The third kappa shape index (κ3) is 3.03. The summed E-state index contributed by atoms with van der Waals surface area (Å²) < 4.78 is 18.8. The number of furan rings is 1. The summed E-state index contributed by atoms with van der Waals surface area (Å²) in [5, 5.41) is 12.3. The first kappa shape index (κ1) is 15.6. The molecule has 2 fully saturated rings. The summed E-state index contributed by atoms with van der Waals surface area (Å²) in [5.41, 5.74) is 1.24. The molecule has 0 bridgehead atoms. The van der Waals surface area contributed by atoms with Crippen LogP contribution < -0.4 is 4.90 Å². The topological polar surface area (TPSA) is 78.4 Å². The van der Waals surface area contributed by atoms with E-state index in [1.54, 1.807) is 6.26 Å². The Morgan fingerprint density at radius 3 is 2.88 bits per heavy atom. The van der Waals surface area contributed by atoms with E-state index in [1.807, 2.05) is 17.7 Å². The Kier molecular flexibility index (Phi) is 4.24. The standard InChI is InChI=1S/C16H23N5O3/c1-13-2-6-24-14(13)10-21-15(17-18-19-21)20-5-9-23-12-16(11-20)3-7-22-8-4-16/h2,6H,3-5,7-12H2,1H3. The number of hydrogen-bond donors (Lipinski definition) is 0. The minimum absolute atomic E-state index is 0.131. The molecule has 0 atom stereocenters. The predicted molar refractivity (Wildman–Crippen MR) is 85.9 cm³/mol. The second-order valence-corrected chi connectivity index (χ2v) is 6.75. The van der Waals surface area contributed by atoms with Gasteiger partial charge in [0, 0.05) is 31.7 Å². The fourth-order valence-electron chi connectivity index (χ4n) is 3.50. The first-order valence-corrected chi connectivity index (χ1v) is 8.45. The SMILES string of the molecule is Cc1ccoc1Cn1nnnc1N1CCOCC2(CCOCC2)C1. The van der Waals surface area contributed by atoms with Crippen LogP contribution in [0.15, 0.2) is 16.7 Å². The summed E-state index contributed by atoms with van der Waals surface area (Å²) in [6.07, 6.45) is 3.73. The average Bonchev–Trinajstić information content (AvgIpc) is 3.16. The van der Waals surface area contributed by atoms with E-state index in [0.717, 1.165) is 63.0 Å². The highest BCUT2D eigenvalue weighted by atomic mass is 16.5. The first-order chi connectivity index (χ1) is 11.8. The van der Waals surface area contributed by atoms with Crippen LogP contribution in [-0.4, -0.2) is 59.7 Å². The number of tetrazole rings is 1. The zero-order valence-corrected chi connectivity index (χ0v) is 14.0. The highest BCUT2D eigenvalue weighted by Crippen LogP contribution is 2.34. The smallest absolute Gasteiger partial charge is 0.246 e. The molecule has 0 amide bonds. The van der Waals surface area contributed by atoms with Gasteiger partial charge in [0.05, 0.1) is 19.5 Å². The molecule has 8 heteroatoms. The van der Waals surface area contributed by atoms with Gasteiger partial charge in [0.1, 0.15) is 12.3 Å². The van der Waals surface area contributed by atoms with Crippen molar-refractivity contribution in [2.45, 2.75) is 26.3 Å². The Bertz CT molecular complexity index is 677. The van der Waals surface area contributed by atoms with Gasteiger partial charge >= 0.3 is 0 Å². The van der Waals surface area contributed by atoms with Crippen molar-refractivity contribution >= 4 is 5.95 Å². The molecular weight excluding hydrogens is 310 g/mol. The predicted octanol–water partition coefficient (Wildman–Crippen LogP) is 1.26. The number of nitrogens with zero attached hydrogens (tertiary/aromatic N) is 5. The van der Waals surface area contributed by atoms with E-state index in [-0.39, 0.29) is 5.41 Å². The van der Waals surface area contributed by atoms with Gasteiger partial charge in [0.2, 0.25) is 5.95 Å². The van der Waals surface area contributed by atoms with Crippen molar-refractivity contribution < 1.29 is 13.9 Å². The molecule has 24 heavy (non-hydrogen) atoms. The summed E-state index contributed by atoms with van der Waals surface area (Å²) >= 11 is 0. The van der Waals surface area contributed by atoms with Crippen LogP contribution in [-0.2, 0) is 16.0 Å². The summed E-state index contributed by atoms with van der Waals surface area (Å²) in [6.45, 7) is 7.32. The lowest BCUT2D eigenvalue weighted by Crippen LogP contribution is -2.43. The van der Waals surface area contributed by atoms with Crippen molar-refractivity contribution in [1.82, 2.24) is 20.2 Å². The molecule has 0 radical (unpaired) electrons. The lowest BCUT2D eigenvalue weighted by atomic mass is 9.80. The van der Waals surface area contributed by atoms with E-state index in [0.29, 0.717) is 13.2 Å². The number of ether oxygens (including phenoxy) is 2. The maximum atomic E-state index is 5.89. The molecule has 0 saturated carbocycles. The molecule has 2 aliphatic heterocycles. The van der Waals surface area contributed by atoms with Gasteiger partial charge in [-0.1, -0.05) is 5.10 Å². The molecule has 0 N–H and O–H groups in total. The van der Waals surface area contributed by atoms with Gasteiger partial charge in [-0.05, 0) is 41.8 Å². The molecule has 8 nitrogen and oxygen atoms in total. The van der Waals surface area contributed by atoms with Crippen LogP contribution in [0.5, 0.6) is 0 Å². The monoisotopic (exact) mass is 333 g/mol. The summed E-state index contributed by atoms with van der Waals surface area (Å²) in [4.78, 5) is 2.25. The van der Waals surface area contributed by atoms with E-state index in [9.17, 15) is 0 Å². The van der Waals surface area contributed by atoms with Crippen molar-refractivity contribution in [2.75, 3.05) is 44.4 Å². The molecule has 0 aliphatic carbocycles. The zero-order chi connectivity index (χ0) is 16.4. The highest BCUT2D eigenvalue weighted by molar-refractivity contribution is 5.30. The van der Waals surface area contributed by atoms with E-state index in [4.69, 9.17) is 13.9 Å². The van der Waals surface area contributed by atoms with Crippen molar-refractivity contribution in [1.29, 1.82) is 0 Å². The lowest BCUT2D eigenvalue weighted by molar-refractivity contribution is -0.0241. The van der Waals surface area contributed by atoms with Gasteiger partial charge in [0.15, 0.2) is 0 Å². The molecule has 130 valence electrons. The Morgan fingerprint density at radius 1 is 1.21 bits per heavy atom. The lowest BCUT2D eigenvalue weighted by Gasteiger charge is -2.38. The molecule has 2 aromatic heterocycles. The van der Waals surface area contributed by atoms with Crippen LogP contribution >= 0.6 is 0 Å². The van der Waals surface area contributed by atoms with Crippen LogP contribution in [0.25, 0.3) is 0 Å². The van der Waals surface area contributed by atoms with Crippen molar-refractivity contribution in [2.24, 2.45) is 5.41 Å². The Morgan fingerprint density at radius 2 is 2.08 bits per heavy atom. The minimum atomic E-state index is 0.131. The van der Waals surface area contributed by atoms with Crippen LogP contribution in [0.3, 0.4) is 0 Å². The largest absolute Gasteiger partial charge is 0.467 e. The Balaban J connectivity index is 1.56. The van der Waals surface area contributed by atoms with Gasteiger partial charge in [-0.3, -0.25) is 0 Å². The molecule has 1 spiro atoms. The first-order valence-electron chi connectivity index (χ1n) is 8.45. The van der Waals surface area contributed by atoms with E-state index in [2.05, 4.69) is 20.4 Å². The maximum Gasteiger partial charge on any atom is 0.246 e. The van der Waals surface area contributed by atoms with Gasteiger partial charge in [-0.25, -0.2) is 4.68 Å². The number of anilines is 1. The van der Waals surface area contributed by atoms with Gasteiger partial charge in [0.25, 0.3) is 0 Å². The third-order valence-electron chi connectivity index (χ3n) is 5.05. The zero-order valence-electron chi connectivity index (χ0n) is 14.0. The highest BCUT2D eigenvalue weighted by Gasteiger charge is 2.37. The number of aryl methyl sites for hydroxylation is 1. The summed E-state index contributed by atoms with van der Waals surface area (Å²) in [5.74, 6) is 1.66. The summed E-state index contributed by atoms with van der Waals surface area (Å²) in [6, 6.07) is 1.95. The minimum Gasteiger partial charge on any atom is -0.467 e. The van der Waals surface area contributed by atoms with Crippen molar-refractivity contribution in [3.05, 3.63) is 23.7 Å². The molecule has 2 aromatic rings. The second-order valence-electron chi connectivity index (χ2n) is 6.75. The fraction of sp³-hybridized carbons (Fsp3) is 0.688. The van der Waals surface area contributed by atoms with Gasteiger partial charge in [-0.2, -0.15) is 0 Å².